The third-order valence-corrected chi connectivity index (χ3v) is 3.20. The minimum Gasteiger partial charge on any atom is -0.490 e. The van der Waals surface area contributed by atoms with Gasteiger partial charge in [-0.1, -0.05) is 13.8 Å². The van der Waals surface area contributed by atoms with Gasteiger partial charge in [-0.25, -0.2) is 4.39 Å². The lowest BCUT2D eigenvalue weighted by Gasteiger charge is -2.25. The lowest BCUT2D eigenvalue weighted by atomic mass is 9.99. The fraction of sp³-hybridized carbons (Fsp3) is 0.571. The van der Waals surface area contributed by atoms with Crippen LogP contribution in [0, 0.1) is 5.82 Å². The van der Waals surface area contributed by atoms with Crippen LogP contribution in [0.25, 0.3) is 0 Å². The van der Waals surface area contributed by atoms with E-state index in [-0.39, 0.29) is 12.4 Å². The first-order valence-electron chi connectivity index (χ1n) is 6.33. The highest BCUT2D eigenvalue weighted by molar-refractivity contribution is 5.34. The van der Waals surface area contributed by atoms with Gasteiger partial charge in [0.25, 0.3) is 0 Å². The van der Waals surface area contributed by atoms with Crippen LogP contribution in [0.3, 0.4) is 0 Å². The number of hydrogen-bond donors (Lipinski definition) is 2. The third-order valence-electron chi connectivity index (χ3n) is 3.20. The van der Waals surface area contributed by atoms with Crippen LogP contribution in [0.5, 0.6) is 5.75 Å². The molecule has 0 bridgehead atoms. The molecule has 0 saturated heterocycles. The molecule has 0 saturated carbocycles. The Labute approximate surface area is 108 Å². The van der Waals surface area contributed by atoms with E-state index < -0.39 is 5.60 Å². The Kier molecular flexibility index (Phi) is 5.56. The molecule has 0 fully saturated rings. The number of nitrogens with one attached hydrogen (secondary N) is 1. The van der Waals surface area contributed by atoms with Crippen molar-refractivity contribution in [1.82, 2.24) is 5.32 Å². The van der Waals surface area contributed by atoms with Crippen LogP contribution in [0.2, 0.25) is 0 Å². The molecule has 0 aliphatic heterocycles. The predicted molar refractivity (Wildman–Crippen MR) is 70.2 cm³/mol. The molecule has 0 radical (unpaired) electrons. The highest BCUT2D eigenvalue weighted by Crippen LogP contribution is 2.23. The van der Waals surface area contributed by atoms with Crippen LogP contribution in [-0.2, 0) is 6.54 Å². The number of hydrogen-bond acceptors (Lipinski definition) is 3. The van der Waals surface area contributed by atoms with Crippen LogP contribution >= 0.6 is 0 Å². The van der Waals surface area contributed by atoms with Gasteiger partial charge in [0.2, 0.25) is 0 Å². The van der Waals surface area contributed by atoms with E-state index in [4.69, 9.17) is 4.74 Å². The van der Waals surface area contributed by atoms with E-state index in [9.17, 15) is 9.50 Å². The zero-order chi connectivity index (χ0) is 13.6. The van der Waals surface area contributed by atoms with Crippen molar-refractivity contribution >= 4 is 0 Å². The van der Waals surface area contributed by atoms with E-state index in [2.05, 4.69) is 5.32 Å². The lowest BCUT2D eigenvalue weighted by Crippen LogP contribution is -2.34. The molecule has 1 rings (SSSR count). The molecule has 0 aliphatic carbocycles. The Hall–Kier alpha value is -1.13. The van der Waals surface area contributed by atoms with Gasteiger partial charge in [-0.2, -0.15) is 0 Å². The zero-order valence-electron chi connectivity index (χ0n) is 11.3. The van der Waals surface area contributed by atoms with Gasteiger partial charge in [0.1, 0.15) is 18.2 Å². The second-order valence-electron chi connectivity index (χ2n) is 4.50. The maximum atomic E-state index is 13.1. The maximum Gasteiger partial charge on any atom is 0.124 e. The third kappa shape index (κ3) is 3.96. The largest absolute Gasteiger partial charge is 0.490 e. The summed E-state index contributed by atoms with van der Waals surface area (Å²) in [4.78, 5) is 0. The number of benzene rings is 1. The Morgan fingerprint density at radius 2 is 2.00 bits per heavy atom. The molecule has 0 spiro atoms. The smallest absolute Gasteiger partial charge is 0.124 e. The van der Waals surface area contributed by atoms with Crippen molar-refractivity contribution in [3.05, 3.63) is 29.6 Å². The molecule has 1 aromatic carbocycles. The molecule has 0 amide bonds. The fourth-order valence-electron chi connectivity index (χ4n) is 1.68. The Morgan fingerprint density at radius 3 is 2.56 bits per heavy atom. The lowest BCUT2D eigenvalue weighted by molar-refractivity contribution is -0.0116. The first kappa shape index (κ1) is 14.9. The van der Waals surface area contributed by atoms with E-state index in [0.717, 1.165) is 5.56 Å². The average molecular weight is 255 g/mol. The highest BCUT2D eigenvalue weighted by atomic mass is 19.1. The van der Waals surface area contributed by atoms with Crippen molar-refractivity contribution < 1.29 is 14.2 Å². The molecule has 3 nitrogen and oxygen atoms in total. The quantitative estimate of drug-likeness (QED) is 0.786. The SMILES string of the molecule is CCC(O)(CC)COc1ccc(F)cc1CNC. The number of ether oxygens (including phenoxy) is 1. The first-order valence-corrected chi connectivity index (χ1v) is 6.33. The summed E-state index contributed by atoms with van der Waals surface area (Å²) >= 11 is 0. The molecule has 0 aliphatic rings. The summed E-state index contributed by atoms with van der Waals surface area (Å²) in [6.45, 7) is 4.60. The summed E-state index contributed by atoms with van der Waals surface area (Å²) in [5.41, 5.74) is -0.0577. The molecule has 0 atom stereocenters. The molecule has 1 aromatic rings. The van der Waals surface area contributed by atoms with Crippen molar-refractivity contribution in [3.63, 3.8) is 0 Å². The second kappa shape index (κ2) is 6.71. The minimum absolute atomic E-state index is 0.225. The van der Waals surface area contributed by atoms with Gasteiger partial charge < -0.3 is 15.2 Å². The monoisotopic (exact) mass is 255 g/mol. The van der Waals surface area contributed by atoms with E-state index in [1.807, 2.05) is 13.8 Å². The standard InChI is InChI=1S/C14H22FNO2/c1-4-14(17,5-2)10-18-13-7-6-12(15)8-11(13)9-16-3/h6-8,16-17H,4-5,9-10H2,1-3H3. The summed E-state index contributed by atoms with van der Waals surface area (Å²) < 4.78 is 18.8. The Bertz CT molecular complexity index is 378. The number of aliphatic hydroxyl groups is 1. The second-order valence-corrected chi connectivity index (χ2v) is 4.50. The predicted octanol–water partition coefficient (Wildman–Crippen LogP) is 2.48. The van der Waals surface area contributed by atoms with Crippen LogP contribution in [0.1, 0.15) is 32.3 Å². The molecule has 0 heterocycles. The van der Waals surface area contributed by atoms with Crippen LogP contribution in [0.15, 0.2) is 18.2 Å². The molecule has 18 heavy (non-hydrogen) atoms. The number of rotatable bonds is 7. The summed E-state index contributed by atoms with van der Waals surface area (Å²) in [7, 11) is 1.79. The molecule has 2 N–H and O–H groups in total. The van der Waals surface area contributed by atoms with Crippen molar-refractivity contribution in [1.29, 1.82) is 0 Å². The van der Waals surface area contributed by atoms with Gasteiger partial charge in [-0.3, -0.25) is 0 Å². The van der Waals surface area contributed by atoms with Crippen LogP contribution in [0.4, 0.5) is 4.39 Å². The highest BCUT2D eigenvalue weighted by Gasteiger charge is 2.23. The van der Waals surface area contributed by atoms with E-state index in [1.165, 1.54) is 12.1 Å². The minimum atomic E-state index is -0.814. The molecule has 0 unspecified atom stereocenters. The molecule has 4 heteroatoms. The van der Waals surface area contributed by atoms with Crippen molar-refractivity contribution in [3.8, 4) is 5.75 Å². The van der Waals surface area contributed by atoms with E-state index >= 15 is 0 Å². The van der Waals surface area contributed by atoms with Gasteiger partial charge >= 0.3 is 0 Å². The van der Waals surface area contributed by atoms with Crippen molar-refractivity contribution in [2.24, 2.45) is 0 Å². The maximum absolute atomic E-state index is 13.1. The van der Waals surface area contributed by atoms with E-state index in [0.29, 0.717) is 25.1 Å². The summed E-state index contributed by atoms with van der Waals surface area (Å²) in [6.07, 6.45) is 1.26. The van der Waals surface area contributed by atoms with Gasteiger partial charge in [-0.15, -0.1) is 0 Å². The zero-order valence-corrected chi connectivity index (χ0v) is 11.3. The molecular formula is C14H22FNO2. The van der Waals surface area contributed by atoms with Gasteiger partial charge in [0.05, 0.1) is 5.60 Å². The Morgan fingerprint density at radius 1 is 1.33 bits per heavy atom. The summed E-state index contributed by atoms with van der Waals surface area (Å²) in [6, 6.07) is 4.42. The van der Waals surface area contributed by atoms with Crippen molar-refractivity contribution in [2.45, 2.75) is 38.8 Å². The summed E-state index contributed by atoms with van der Waals surface area (Å²) in [5, 5.41) is 13.1. The molecule has 0 aromatic heterocycles. The average Bonchev–Trinajstić information content (AvgIpc) is 2.38. The number of halogens is 1. The van der Waals surface area contributed by atoms with Gasteiger partial charge in [0, 0.05) is 12.1 Å². The van der Waals surface area contributed by atoms with Gasteiger partial charge in [0.15, 0.2) is 0 Å². The Balaban J connectivity index is 2.77. The van der Waals surface area contributed by atoms with Crippen LogP contribution in [-0.4, -0.2) is 24.4 Å². The van der Waals surface area contributed by atoms with Crippen LogP contribution < -0.4 is 10.1 Å². The molecule has 102 valence electrons. The topological polar surface area (TPSA) is 41.5 Å². The normalized spacial score (nSPS) is 11.6. The molecular weight excluding hydrogens is 233 g/mol. The fourth-order valence-corrected chi connectivity index (χ4v) is 1.68. The summed E-state index contributed by atoms with van der Waals surface area (Å²) in [5.74, 6) is 0.333. The van der Waals surface area contributed by atoms with E-state index in [1.54, 1.807) is 13.1 Å². The van der Waals surface area contributed by atoms with Crippen molar-refractivity contribution in [2.75, 3.05) is 13.7 Å². The first-order chi connectivity index (χ1) is 8.54. The van der Waals surface area contributed by atoms with Gasteiger partial charge in [-0.05, 0) is 38.1 Å².